The van der Waals surface area contributed by atoms with Crippen LogP contribution in [0.2, 0.25) is 0 Å². The molecule has 0 aliphatic carbocycles. The third-order valence-electron chi connectivity index (χ3n) is 2.88. The highest BCUT2D eigenvalue weighted by Gasteiger charge is 2.12. The van der Waals surface area contributed by atoms with Crippen molar-refractivity contribution in [2.45, 2.75) is 53.7 Å². The smallest absolute Gasteiger partial charge is 0.218 e. The van der Waals surface area contributed by atoms with Gasteiger partial charge in [0, 0.05) is 22.8 Å². The number of aromatic nitrogens is 1. The van der Waals surface area contributed by atoms with Crippen LogP contribution in [0.15, 0.2) is 16.7 Å². The monoisotopic (exact) mass is 342 g/mol. The highest BCUT2D eigenvalue weighted by molar-refractivity contribution is 9.10. The first kappa shape index (κ1) is 17.4. The SMILES string of the molecule is CC(C)CNCc1cc(Br)cnc1OC(C)CC(C)C. The van der Waals surface area contributed by atoms with Crippen LogP contribution in [-0.2, 0) is 6.54 Å². The maximum absolute atomic E-state index is 6.00. The lowest BCUT2D eigenvalue weighted by Gasteiger charge is -2.18. The number of nitrogens with zero attached hydrogens (tertiary/aromatic N) is 1. The van der Waals surface area contributed by atoms with Crippen LogP contribution >= 0.6 is 15.9 Å². The second-order valence-electron chi connectivity index (χ2n) is 6.20. The normalized spacial score (nSPS) is 13.0. The molecule has 0 spiro atoms. The highest BCUT2D eigenvalue weighted by atomic mass is 79.9. The first-order valence-corrected chi connectivity index (χ1v) is 8.19. The van der Waals surface area contributed by atoms with E-state index in [2.05, 4.69) is 66.9 Å². The predicted molar refractivity (Wildman–Crippen MR) is 88.0 cm³/mol. The number of nitrogens with one attached hydrogen (secondary N) is 1. The van der Waals surface area contributed by atoms with Gasteiger partial charge in [0.2, 0.25) is 5.88 Å². The Morgan fingerprint density at radius 1 is 1.20 bits per heavy atom. The number of hydrogen-bond acceptors (Lipinski definition) is 3. The number of halogens is 1. The van der Waals surface area contributed by atoms with Gasteiger partial charge in [-0.15, -0.1) is 0 Å². The average molecular weight is 343 g/mol. The van der Waals surface area contributed by atoms with Gasteiger partial charge < -0.3 is 10.1 Å². The van der Waals surface area contributed by atoms with Crippen molar-refractivity contribution in [2.24, 2.45) is 11.8 Å². The van der Waals surface area contributed by atoms with E-state index in [1.165, 1.54) is 0 Å². The molecule has 20 heavy (non-hydrogen) atoms. The Balaban J connectivity index is 2.68. The Kier molecular flexibility index (Phi) is 7.52. The molecule has 0 aliphatic rings. The molecule has 0 amide bonds. The second kappa shape index (κ2) is 8.63. The minimum absolute atomic E-state index is 0.188. The zero-order valence-corrected chi connectivity index (χ0v) is 14.8. The molecule has 0 aliphatic heterocycles. The van der Waals surface area contributed by atoms with Crippen LogP contribution in [0.1, 0.15) is 46.6 Å². The molecular weight excluding hydrogens is 316 g/mol. The van der Waals surface area contributed by atoms with Crippen molar-refractivity contribution in [1.82, 2.24) is 10.3 Å². The summed E-state index contributed by atoms with van der Waals surface area (Å²) in [6.45, 7) is 12.7. The molecule has 3 nitrogen and oxygen atoms in total. The van der Waals surface area contributed by atoms with Crippen molar-refractivity contribution >= 4 is 15.9 Å². The van der Waals surface area contributed by atoms with Gasteiger partial charge in [0.05, 0.1) is 6.10 Å². The maximum Gasteiger partial charge on any atom is 0.218 e. The number of ether oxygens (including phenoxy) is 1. The van der Waals surface area contributed by atoms with Crippen LogP contribution < -0.4 is 10.1 Å². The lowest BCUT2D eigenvalue weighted by atomic mass is 10.1. The van der Waals surface area contributed by atoms with Crippen molar-refractivity contribution in [3.8, 4) is 5.88 Å². The minimum atomic E-state index is 0.188. The largest absolute Gasteiger partial charge is 0.474 e. The molecule has 1 unspecified atom stereocenters. The summed E-state index contributed by atoms with van der Waals surface area (Å²) >= 11 is 3.48. The molecule has 0 saturated carbocycles. The summed E-state index contributed by atoms with van der Waals surface area (Å²) in [7, 11) is 0. The van der Waals surface area contributed by atoms with Gasteiger partial charge in [-0.05, 0) is 53.7 Å². The average Bonchev–Trinajstić information content (AvgIpc) is 2.31. The van der Waals surface area contributed by atoms with Gasteiger partial charge >= 0.3 is 0 Å². The van der Waals surface area contributed by atoms with Crippen LogP contribution in [0.25, 0.3) is 0 Å². The quantitative estimate of drug-likeness (QED) is 0.759. The first-order valence-electron chi connectivity index (χ1n) is 7.40. The van der Waals surface area contributed by atoms with E-state index < -0.39 is 0 Å². The van der Waals surface area contributed by atoms with Crippen LogP contribution in [0, 0.1) is 11.8 Å². The summed E-state index contributed by atoms with van der Waals surface area (Å²) in [5.74, 6) is 2.01. The van der Waals surface area contributed by atoms with E-state index in [0.29, 0.717) is 11.8 Å². The molecule has 0 saturated heterocycles. The van der Waals surface area contributed by atoms with Gasteiger partial charge in [0.15, 0.2) is 0 Å². The van der Waals surface area contributed by atoms with Gasteiger partial charge in [-0.3, -0.25) is 0 Å². The fourth-order valence-electron chi connectivity index (χ4n) is 2.10. The van der Waals surface area contributed by atoms with E-state index in [-0.39, 0.29) is 6.10 Å². The number of pyridine rings is 1. The zero-order chi connectivity index (χ0) is 15.1. The lowest BCUT2D eigenvalue weighted by Crippen LogP contribution is -2.21. The molecule has 4 heteroatoms. The van der Waals surface area contributed by atoms with Gasteiger partial charge in [-0.1, -0.05) is 27.7 Å². The summed E-state index contributed by atoms with van der Waals surface area (Å²) in [6.07, 6.45) is 3.02. The Morgan fingerprint density at radius 3 is 2.50 bits per heavy atom. The van der Waals surface area contributed by atoms with E-state index in [9.17, 15) is 0 Å². The molecule has 1 heterocycles. The molecule has 0 radical (unpaired) electrons. The lowest BCUT2D eigenvalue weighted by molar-refractivity contribution is 0.183. The molecule has 1 atom stereocenters. The molecule has 1 aromatic heterocycles. The number of hydrogen-bond donors (Lipinski definition) is 1. The fourth-order valence-corrected chi connectivity index (χ4v) is 2.48. The first-order chi connectivity index (χ1) is 9.38. The summed E-state index contributed by atoms with van der Waals surface area (Å²) in [6, 6.07) is 2.08. The Bertz CT molecular complexity index is 407. The second-order valence-corrected chi connectivity index (χ2v) is 7.12. The van der Waals surface area contributed by atoms with Crippen LogP contribution in [-0.4, -0.2) is 17.6 Å². The minimum Gasteiger partial charge on any atom is -0.474 e. The number of rotatable bonds is 8. The van der Waals surface area contributed by atoms with Crippen molar-refractivity contribution in [1.29, 1.82) is 0 Å². The molecule has 1 aromatic rings. The third kappa shape index (κ3) is 6.71. The molecule has 1 N–H and O–H groups in total. The molecule has 1 rings (SSSR count). The van der Waals surface area contributed by atoms with Gasteiger partial charge in [0.25, 0.3) is 0 Å². The van der Waals surface area contributed by atoms with Crippen molar-refractivity contribution in [3.63, 3.8) is 0 Å². The topological polar surface area (TPSA) is 34.2 Å². The van der Waals surface area contributed by atoms with E-state index in [1.54, 1.807) is 6.20 Å². The Hall–Kier alpha value is -0.610. The van der Waals surface area contributed by atoms with E-state index in [1.807, 2.05) is 0 Å². The van der Waals surface area contributed by atoms with Crippen molar-refractivity contribution in [3.05, 3.63) is 22.3 Å². The van der Waals surface area contributed by atoms with Crippen molar-refractivity contribution < 1.29 is 4.74 Å². The molecule has 0 aromatic carbocycles. The maximum atomic E-state index is 6.00. The summed E-state index contributed by atoms with van der Waals surface area (Å²) in [4.78, 5) is 4.41. The fraction of sp³-hybridized carbons (Fsp3) is 0.688. The van der Waals surface area contributed by atoms with E-state index in [0.717, 1.165) is 35.4 Å². The third-order valence-corrected chi connectivity index (χ3v) is 3.31. The standard InChI is InChI=1S/C16H27BrN2O/c1-11(2)6-13(5)20-16-14(7-15(17)10-19-16)9-18-8-12(3)4/h7,10-13,18H,6,8-9H2,1-5H3. The summed E-state index contributed by atoms with van der Waals surface area (Å²) in [5.41, 5.74) is 1.11. The van der Waals surface area contributed by atoms with E-state index >= 15 is 0 Å². The molecular formula is C16H27BrN2O. The van der Waals surface area contributed by atoms with Crippen LogP contribution in [0.4, 0.5) is 0 Å². The molecule has 0 bridgehead atoms. The van der Waals surface area contributed by atoms with Crippen molar-refractivity contribution in [2.75, 3.05) is 6.54 Å². The van der Waals surface area contributed by atoms with Gasteiger partial charge in [-0.25, -0.2) is 4.98 Å². The Morgan fingerprint density at radius 2 is 1.90 bits per heavy atom. The van der Waals surface area contributed by atoms with Crippen LogP contribution in [0.3, 0.4) is 0 Å². The summed E-state index contributed by atoms with van der Waals surface area (Å²) < 4.78 is 6.99. The predicted octanol–water partition coefficient (Wildman–Crippen LogP) is 4.40. The van der Waals surface area contributed by atoms with Gasteiger partial charge in [-0.2, -0.15) is 0 Å². The highest BCUT2D eigenvalue weighted by Crippen LogP contribution is 2.22. The zero-order valence-electron chi connectivity index (χ0n) is 13.2. The van der Waals surface area contributed by atoms with E-state index in [4.69, 9.17) is 4.74 Å². The molecule has 0 fully saturated rings. The van der Waals surface area contributed by atoms with Crippen LogP contribution in [0.5, 0.6) is 5.88 Å². The molecule has 114 valence electrons. The summed E-state index contributed by atoms with van der Waals surface area (Å²) in [5, 5.41) is 3.44. The Labute approximate surface area is 131 Å². The van der Waals surface area contributed by atoms with Gasteiger partial charge in [0.1, 0.15) is 0 Å².